The first kappa shape index (κ1) is 22.1. The van der Waals surface area contributed by atoms with Gasteiger partial charge in [-0.3, -0.25) is 14.5 Å². The normalized spacial score (nSPS) is 24.0. The smallest absolute Gasteiger partial charge is 0.352 e. The Bertz CT molecular complexity index is 958. The number of rotatable bonds is 8. The zero-order valence-corrected chi connectivity index (χ0v) is 18.0. The Morgan fingerprint density at radius 1 is 1.57 bits per heavy atom. The molecule has 1 fully saturated rings. The van der Waals surface area contributed by atoms with Gasteiger partial charge in [0.25, 0.3) is 11.6 Å². The molecule has 2 aliphatic heterocycles. The molecule has 2 amide bonds. The number of aromatic nitrogens is 4. The number of thioether (sulfide) groups is 2. The van der Waals surface area contributed by atoms with Gasteiger partial charge in [0.15, 0.2) is 0 Å². The predicted molar refractivity (Wildman–Crippen MR) is 105 cm³/mol. The largest absolute Gasteiger partial charge is 0.477 e. The zero-order valence-electron chi connectivity index (χ0n) is 16.4. The van der Waals surface area contributed by atoms with Crippen LogP contribution in [0.1, 0.15) is 13.3 Å². The Morgan fingerprint density at radius 3 is 2.87 bits per heavy atom. The average Bonchev–Trinajstić information content (AvgIpc) is 3.13. The number of carboxylic acid groups (broad SMARTS) is 1. The molecule has 1 aromatic heterocycles. The number of tetrazole rings is 1. The second-order valence-electron chi connectivity index (χ2n) is 6.69. The quantitative estimate of drug-likeness (QED) is 0.298. The Labute approximate surface area is 180 Å². The fourth-order valence-corrected chi connectivity index (χ4v) is 5.56. The van der Waals surface area contributed by atoms with E-state index in [4.69, 9.17) is 10.00 Å². The van der Waals surface area contributed by atoms with Crippen LogP contribution in [0.5, 0.6) is 0 Å². The molecule has 3 heterocycles. The lowest BCUT2D eigenvalue weighted by Gasteiger charge is -2.55. The number of ether oxygens (including phenoxy) is 1. The van der Waals surface area contributed by atoms with Crippen molar-refractivity contribution in [3.8, 4) is 6.07 Å². The van der Waals surface area contributed by atoms with Gasteiger partial charge < -0.3 is 15.2 Å². The van der Waals surface area contributed by atoms with Crippen LogP contribution in [-0.2, 0) is 26.2 Å². The van der Waals surface area contributed by atoms with E-state index in [0.29, 0.717) is 16.5 Å². The number of nitrogens with one attached hydrogen (secondary N) is 1. The lowest BCUT2D eigenvalue weighted by Crippen LogP contribution is -2.80. The van der Waals surface area contributed by atoms with E-state index in [2.05, 4.69) is 20.8 Å². The maximum atomic E-state index is 13.0. The van der Waals surface area contributed by atoms with E-state index in [9.17, 15) is 19.5 Å². The number of hydrogen-bond acceptors (Lipinski definition) is 10. The van der Waals surface area contributed by atoms with Crippen molar-refractivity contribution in [2.45, 2.75) is 29.6 Å². The summed E-state index contributed by atoms with van der Waals surface area (Å²) in [4.78, 5) is 38.3. The average molecular weight is 454 g/mol. The summed E-state index contributed by atoms with van der Waals surface area (Å²) in [6, 6.07) is 1.96. The first-order valence-electron chi connectivity index (χ1n) is 8.76. The van der Waals surface area contributed by atoms with Crippen LogP contribution in [-0.4, -0.2) is 77.7 Å². The lowest BCUT2D eigenvalue weighted by molar-refractivity contribution is -0.192. The number of carbonyl (C=O) groups excluding carboxylic acids is 2. The Kier molecular flexibility index (Phi) is 6.34. The van der Waals surface area contributed by atoms with Crippen LogP contribution < -0.4 is 5.32 Å². The number of carboxylic acids is 1. The van der Waals surface area contributed by atoms with Crippen LogP contribution in [0.15, 0.2) is 16.4 Å². The van der Waals surface area contributed by atoms with Crippen molar-refractivity contribution < 1.29 is 24.2 Å². The predicted octanol–water partition coefficient (Wildman–Crippen LogP) is -0.435. The van der Waals surface area contributed by atoms with E-state index in [0.717, 1.165) is 4.90 Å². The topological polar surface area (TPSA) is 163 Å². The number of nitrogens with zero attached hydrogens (tertiary/aromatic N) is 6. The zero-order chi connectivity index (χ0) is 22.1. The van der Waals surface area contributed by atoms with Crippen molar-refractivity contribution in [2.24, 2.45) is 13.0 Å². The minimum absolute atomic E-state index is 0.0957. The van der Waals surface area contributed by atoms with Gasteiger partial charge in [-0.15, -0.1) is 16.9 Å². The van der Waals surface area contributed by atoms with Crippen LogP contribution in [0.3, 0.4) is 0 Å². The second kappa shape index (κ2) is 8.62. The molecule has 0 radical (unpaired) electrons. The van der Waals surface area contributed by atoms with E-state index < -0.39 is 34.8 Å². The van der Waals surface area contributed by atoms with Crippen molar-refractivity contribution in [1.29, 1.82) is 5.26 Å². The number of nitriles is 1. The summed E-state index contributed by atoms with van der Waals surface area (Å²) in [7, 11) is 2.95. The molecule has 1 unspecified atom stereocenters. The molecule has 0 aliphatic carbocycles. The molecule has 14 heteroatoms. The lowest BCUT2D eigenvalue weighted by atomic mass is 9.97. The highest BCUT2D eigenvalue weighted by molar-refractivity contribution is 8.01. The third-order valence-electron chi connectivity index (χ3n) is 4.63. The third kappa shape index (κ3) is 3.75. The number of aliphatic carboxylic acids is 1. The molecule has 0 spiro atoms. The summed E-state index contributed by atoms with van der Waals surface area (Å²) < 4.78 is 6.83. The van der Waals surface area contributed by atoms with Gasteiger partial charge in [-0.1, -0.05) is 11.8 Å². The molecule has 3 atom stereocenters. The molecule has 1 saturated heterocycles. The molecule has 1 aromatic rings. The monoisotopic (exact) mass is 453 g/mol. The Morgan fingerprint density at radius 2 is 2.30 bits per heavy atom. The maximum Gasteiger partial charge on any atom is 0.352 e. The standard InChI is InChI=1S/C16H19N7O5S2/c1-8(5-17)4-10(24)18-16(28-3)13(27)23-11(12(25)26)9(6-29-14(16)23)7-30-15-19-20-21-22(15)2/h8,14H,4,6-7H2,1-3H3,(H,18,24)(H,25,26)/t8?,14-,16-/m0/s1. The van der Waals surface area contributed by atoms with Gasteiger partial charge in [0.2, 0.25) is 11.1 Å². The first-order valence-corrected chi connectivity index (χ1v) is 10.8. The van der Waals surface area contributed by atoms with E-state index in [1.165, 1.54) is 35.3 Å². The molecule has 0 aromatic carbocycles. The molecule has 2 aliphatic rings. The highest BCUT2D eigenvalue weighted by Gasteiger charge is 2.66. The molecule has 160 valence electrons. The first-order chi connectivity index (χ1) is 14.2. The van der Waals surface area contributed by atoms with Crippen LogP contribution >= 0.6 is 23.5 Å². The van der Waals surface area contributed by atoms with Gasteiger partial charge in [0, 0.05) is 32.1 Å². The molecular formula is C16H19N7O5S2. The highest BCUT2D eigenvalue weighted by atomic mass is 32.2. The van der Waals surface area contributed by atoms with E-state index in [-0.39, 0.29) is 17.9 Å². The molecule has 0 bridgehead atoms. The van der Waals surface area contributed by atoms with Crippen molar-refractivity contribution in [2.75, 3.05) is 18.6 Å². The fourth-order valence-electron chi connectivity index (χ4n) is 3.13. The van der Waals surface area contributed by atoms with Gasteiger partial charge in [-0.05, 0) is 22.9 Å². The Balaban J connectivity index is 1.81. The summed E-state index contributed by atoms with van der Waals surface area (Å²) in [6.45, 7) is 1.59. The summed E-state index contributed by atoms with van der Waals surface area (Å²) in [6.07, 6.45) is -0.0957. The van der Waals surface area contributed by atoms with E-state index >= 15 is 0 Å². The SMILES string of the molecule is CO[C@@]1(NC(=O)CC(C)C#N)C(=O)N2C(C(=O)O)=C(CSc3nnnn3C)CS[C@H]21. The number of carbonyl (C=O) groups is 3. The second-order valence-corrected chi connectivity index (χ2v) is 8.70. The van der Waals surface area contributed by atoms with Crippen LogP contribution in [0.2, 0.25) is 0 Å². The minimum atomic E-state index is -1.66. The van der Waals surface area contributed by atoms with Crippen LogP contribution in [0, 0.1) is 17.2 Å². The van der Waals surface area contributed by atoms with E-state index in [1.54, 1.807) is 14.0 Å². The van der Waals surface area contributed by atoms with Crippen LogP contribution in [0.4, 0.5) is 0 Å². The molecule has 3 rings (SSSR count). The van der Waals surface area contributed by atoms with Gasteiger partial charge >= 0.3 is 5.97 Å². The number of amides is 2. The van der Waals surface area contributed by atoms with Gasteiger partial charge in [-0.2, -0.15) is 5.26 Å². The molecule has 0 saturated carbocycles. The fraction of sp³-hybridized carbons (Fsp3) is 0.562. The molecule has 30 heavy (non-hydrogen) atoms. The van der Waals surface area contributed by atoms with Crippen LogP contribution in [0.25, 0.3) is 0 Å². The number of methoxy groups -OCH3 is 1. The van der Waals surface area contributed by atoms with Gasteiger partial charge in [0.1, 0.15) is 11.1 Å². The summed E-state index contributed by atoms with van der Waals surface area (Å²) >= 11 is 2.55. The van der Waals surface area contributed by atoms with Crippen molar-refractivity contribution >= 4 is 41.3 Å². The Hall–Kier alpha value is -2.63. The highest BCUT2D eigenvalue weighted by Crippen LogP contribution is 2.47. The summed E-state index contributed by atoms with van der Waals surface area (Å²) in [5, 5.41) is 32.1. The van der Waals surface area contributed by atoms with Gasteiger partial charge in [-0.25, -0.2) is 9.48 Å². The molecule has 12 nitrogen and oxygen atoms in total. The molecule has 2 N–H and O–H groups in total. The number of hydrogen-bond donors (Lipinski definition) is 2. The molecular weight excluding hydrogens is 434 g/mol. The third-order valence-corrected chi connectivity index (χ3v) is 7.10. The summed E-state index contributed by atoms with van der Waals surface area (Å²) in [5.41, 5.74) is -1.25. The number of β-lactam (4-membered cyclic amide) rings is 1. The van der Waals surface area contributed by atoms with Gasteiger partial charge in [0.05, 0.1) is 12.0 Å². The maximum absolute atomic E-state index is 13.0. The van der Waals surface area contributed by atoms with E-state index in [1.807, 2.05) is 6.07 Å². The van der Waals surface area contributed by atoms with Crippen molar-refractivity contribution in [1.82, 2.24) is 30.4 Å². The number of aryl methyl sites for hydroxylation is 1. The number of fused-ring (bicyclic) bond motifs is 1. The summed E-state index contributed by atoms with van der Waals surface area (Å²) in [5.74, 6) is -2.35. The van der Waals surface area contributed by atoms with Crippen molar-refractivity contribution in [3.05, 3.63) is 11.3 Å². The minimum Gasteiger partial charge on any atom is -0.477 e. The van der Waals surface area contributed by atoms with Crippen molar-refractivity contribution in [3.63, 3.8) is 0 Å².